The van der Waals surface area contributed by atoms with Crippen LogP contribution >= 0.6 is 0 Å². The molecule has 0 radical (unpaired) electrons. The molecule has 0 bridgehead atoms. The molecule has 1 saturated carbocycles. The van der Waals surface area contributed by atoms with Crippen molar-refractivity contribution in [2.75, 3.05) is 0 Å². The van der Waals surface area contributed by atoms with Crippen molar-refractivity contribution in [3.05, 3.63) is 35.6 Å². The van der Waals surface area contributed by atoms with Crippen molar-refractivity contribution < 1.29 is 19.1 Å². The van der Waals surface area contributed by atoms with Gasteiger partial charge in [-0.2, -0.15) is 0 Å². The molecule has 5 heteroatoms. The maximum absolute atomic E-state index is 13.8. The summed E-state index contributed by atoms with van der Waals surface area (Å²) in [5.41, 5.74) is -0.409. The molecular weight excluding hydrogens is 249 g/mol. The van der Waals surface area contributed by atoms with Crippen LogP contribution in [0.3, 0.4) is 0 Å². The van der Waals surface area contributed by atoms with Crippen molar-refractivity contribution in [3.63, 3.8) is 0 Å². The number of halogens is 1. The molecule has 0 heterocycles. The maximum Gasteiger partial charge on any atom is 0.305 e. The summed E-state index contributed by atoms with van der Waals surface area (Å²) in [5.74, 6) is -1.64. The molecule has 2 N–H and O–H groups in total. The number of carboxylic acid groups (broad SMARTS) is 1. The molecule has 4 nitrogen and oxygen atoms in total. The minimum Gasteiger partial charge on any atom is -0.481 e. The third kappa shape index (κ3) is 2.75. The van der Waals surface area contributed by atoms with E-state index in [1.807, 2.05) is 0 Å². The summed E-state index contributed by atoms with van der Waals surface area (Å²) in [4.78, 5) is 22.8. The van der Waals surface area contributed by atoms with Gasteiger partial charge in [-0.1, -0.05) is 18.2 Å². The normalized spacial score (nSPS) is 17.6. The van der Waals surface area contributed by atoms with Crippen molar-refractivity contribution in [3.8, 4) is 0 Å². The van der Waals surface area contributed by atoms with E-state index < -0.39 is 17.4 Å². The van der Waals surface area contributed by atoms with Gasteiger partial charge in [0.25, 0.3) is 0 Å². The second-order valence-electron chi connectivity index (χ2n) is 5.03. The lowest BCUT2D eigenvalue weighted by Crippen LogP contribution is -2.41. The Labute approximate surface area is 110 Å². The summed E-state index contributed by atoms with van der Waals surface area (Å²) in [6, 6.07) is 5.77. The van der Waals surface area contributed by atoms with Gasteiger partial charge in [0.05, 0.1) is 11.8 Å². The first kappa shape index (κ1) is 13.5. The van der Waals surface area contributed by atoms with E-state index in [1.54, 1.807) is 25.1 Å². The predicted molar refractivity (Wildman–Crippen MR) is 67.2 cm³/mol. The van der Waals surface area contributed by atoms with Gasteiger partial charge in [-0.05, 0) is 25.8 Å². The first-order valence-corrected chi connectivity index (χ1v) is 6.23. The van der Waals surface area contributed by atoms with Crippen LogP contribution < -0.4 is 5.32 Å². The van der Waals surface area contributed by atoms with Crippen molar-refractivity contribution in [1.29, 1.82) is 0 Å². The molecule has 1 aliphatic carbocycles. The highest BCUT2D eigenvalue weighted by molar-refractivity contribution is 5.91. The Hall–Kier alpha value is -1.91. The Bertz CT molecular complexity index is 511. The number of hydrogen-bond acceptors (Lipinski definition) is 2. The molecule has 1 amide bonds. The van der Waals surface area contributed by atoms with Crippen LogP contribution in [0.15, 0.2) is 24.3 Å². The summed E-state index contributed by atoms with van der Waals surface area (Å²) in [6.07, 6.45) is 1.05. The van der Waals surface area contributed by atoms with E-state index >= 15 is 0 Å². The topological polar surface area (TPSA) is 66.4 Å². The van der Waals surface area contributed by atoms with E-state index in [1.165, 1.54) is 6.07 Å². The Morgan fingerprint density at radius 1 is 1.42 bits per heavy atom. The summed E-state index contributed by atoms with van der Waals surface area (Å²) in [5, 5.41) is 11.3. The number of carbonyl (C=O) groups excluding carboxylic acids is 1. The largest absolute Gasteiger partial charge is 0.481 e. The first-order chi connectivity index (χ1) is 8.95. The molecule has 1 atom stereocenters. The van der Waals surface area contributed by atoms with Gasteiger partial charge in [0, 0.05) is 11.6 Å². The molecule has 19 heavy (non-hydrogen) atoms. The number of carbonyl (C=O) groups is 2. The number of nitrogens with one attached hydrogen (secondary N) is 1. The lowest BCUT2D eigenvalue weighted by molar-refractivity contribution is -0.137. The van der Waals surface area contributed by atoms with Crippen LogP contribution in [0.25, 0.3) is 0 Å². The van der Waals surface area contributed by atoms with Gasteiger partial charge in [-0.3, -0.25) is 9.59 Å². The number of aliphatic carboxylic acids is 1. The molecular formula is C14H16FNO3. The van der Waals surface area contributed by atoms with Crippen LogP contribution in [-0.2, 0) is 15.0 Å². The lowest BCUT2D eigenvalue weighted by atomic mass is 9.94. The molecule has 1 aromatic rings. The third-order valence-corrected chi connectivity index (χ3v) is 3.43. The predicted octanol–water partition coefficient (Wildman–Crippen LogP) is 1.84. The maximum atomic E-state index is 13.8. The summed E-state index contributed by atoms with van der Waals surface area (Å²) < 4.78 is 13.8. The van der Waals surface area contributed by atoms with Crippen molar-refractivity contribution >= 4 is 11.9 Å². The zero-order chi connectivity index (χ0) is 14.0. The van der Waals surface area contributed by atoms with Gasteiger partial charge in [0.1, 0.15) is 5.82 Å². The second kappa shape index (κ2) is 4.99. The smallest absolute Gasteiger partial charge is 0.305 e. The third-order valence-electron chi connectivity index (χ3n) is 3.43. The van der Waals surface area contributed by atoms with Crippen LogP contribution in [-0.4, -0.2) is 23.0 Å². The van der Waals surface area contributed by atoms with Crippen LogP contribution in [0.2, 0.25) is 0 Å². The van der Waals surface area contributed by atoms with Crippen molar-refractivity contribution in [2.24, 2.45) is 0 Å². The fourth-order valence-corrected chi connectivity index (χ4v) is 2.27. The first-order valence-electron chi connectivity index (χ1n) is 6.23. The number of hydrogen-bond donors (Lipinski definition) is 2. The SMILES string of the molecule is CC(CC(=O)O)NC(=O)C1(c2ccccc2F)CC1. The quantitative estimate of drug-likeness (QED) is 0.853. The van der Waals surface area contributed by atoms with Gasteiger partial charge >= 0.3 is 5.97 Å². The van der Waals surface area contributed by atoms with Crippen LogP contribution in [0.4, 0.5) is 4.39 Å². The van der Waals surface area contributed by atoms with Gasteiger partial charge in [0.2, 0.25) is 5.91 Å². The highest BCUT2D eigenvalue weighted by atomic mass is 19.1. The van der Waals surface area contributed by atoms with E-state index in [9.17, 15) is 14.0 Å². The monoisotopic (exact) mass is 265 g/mol. The Kier molecular flexibility index (Phi) is 3.55. The number of amides is 1. The van der Waals surface area contributed by atoms with E-state index in [0.717, 1.165) is 0 Å². The molecule has 0 aliphatic heterocycles. The Morgan fingerprint density at radius 3 is 2.58 bits per heavy atom. The fourth-order valence-electron chi connectivity index (χ4n) is 2.27. The van der Waals surface area contributed by atoms with Crippen molar-refractivity contribution in [2.45, 2.75) is 37.6 Å². The molecule has 2 rings (SSSR count). The van der Waals surface area contributed by atoms with Crippen LogP contribution in [0.5, 0.6) is 0 Å². The molecule has 1 unspecified atom stereocenters. The summed E-state index contributed by atoms with van der Waals surface area (Å²) in [7, 11) is 0. The highest BCUT2D eigenvalue weighted by Crippen LogP contribution is 2.49. The van der Waals surface area contributed by atoms with Crippen molar-refractivity contribution in [1.82, 2.24) is 5.32 Å². The van der Waals surface area contributed by atoms with E-state index in [0.29, 0.717) is 18.4 Å². The van der Waals surface area contributed by atoms with Gasteiger partial charge in [-0.25, -0.2) is 4.39 Å². The number of rotatable bonds is 5. The molecule has 0 saturated heterocycles. The lowest BCUT2D eigenvalue weighted by Gasteiger charge is -2.19. The minimum atomic E-state index is -0.969. The molecule has 1 fully saturated rings. The Morgan fingerprint density at radius 2 is 2.05 bits per heavy atom. The summed E-state index contributed by atoms with van der Waals surface area (Å²) in [6.45, 7) is 1.63. The van der Waals surface area contributed by atoms with Gasteiger partial charge < -0.3 is 10.4 Å². The zero-order valence-electron chi connectivity index (χ0n) is 10.6. The van der Waals surface area contributed by atoms with E-state index in [2.05, 4.69) is 5.32 Å². The average molecular weight is 265 g/mol. The molecule has 102 valence electrons. The highest BCUT2D eigenvalue weighted by Gasteiger charge is 2.52. The molecule has 0 spiro atoms. The molecule has 0 aromatic heterocycles. The standard InChI is InChI=1S/C14H16FNO3/c1-9(8-12(17)18)16-13(19)14(6-7-14)10-4-2-3-5-11(10)15/h2-5,9H,6-8H2,1H3,(H,16,19)(H,17,18). The molecule has 1 aromatic carbocycles. The number of benzene rings is 1. The van der Waals surface area contributed by atoms with Crippen LogP contribution in [0, 0.1) is 5.82 Å². The van der Waals surface area contributed by atoms with E-state index in [4.69, 9.17) is 5.11 Å². The van der Waals surface area contributed by atoms with Crippen LogP contribution in [0.1, 0.15) is 31.7 Å². The average Bonchev–Trinajstić information content (AvgIpc) is 3.09. The fraction of sp³-hybridized carbons (Fsp3) is 0.429. The number of carboxylic acids is 1. The summed E-state index contributed by atoms with van der Waals surface area (Å²) >= 11 is 0. The molecule has 1 aliphatic rings. The van der Waals surface area contributed by atoms with Gasteiger partial charge in [0.15, 0.2) is 0 Å². The zero-order valence-corrected chi connectivity index (χ0v) is 10.6. The second-order valence-corrected chi connectivity index (χ2v) is 5.03. The van der Waals surface area contributed by atoms with E-state index in [-0.39, 0.29) is 18.1 Å². The minimum absolute atomic E-state index is 0.140. The Balaban J connectivity index is 2.11. The van der Waals surface area contributed by atoms with Gasteiger partial charge in [-0.15, -0.1) is 0 Å².